The molecule has 0 saturated carbocycles. The molecule has 0 amide bonds. The minimum absolute atomic E-state index is 0.246. The van der Waals surface area contributed by atoms with Crippen molar-refractivity contribution in [3.8, 4) is 0 Å². The topological polar surface area (TPSA) is 125 Å². The van der Waals surface area contributed by atoms with Crippen LogP contribution in [0.5, 0.6) is 0 Å². The molecule has 0 aromatic heterocycles. The maximum absolute atomic E-state index is 14.2. The molecule has 0 radical (unpaired) electrons. The van der Waals surface area contributed by atoms with Crippen molar-refractivity contribution in [3.63, 3.8) is 0 Å². The predicted octanol–water partition coefficient (Wildman–Crippen LogP) is 6.65. The molecule has 1 aliphatic heterocycles. The highest BCUT2D eigenvalue weighted by Crippen LogP contribution is 2.51. The molecule has 0 aliphatic carbocycles. The fourth-order valence-corrected chi connectivity index (χ4v) is 5.52. The van der Waals surface area contributed by atoms with Crippen LogP contribution in [0.15, 0.2) is 0 Å². The van der Waals surface area contributed by atoms with Crippen LogP contribution in [0.4, 0.5) is 0 Å². The van der Waals surface area contributed by atoms with Gasteiger partial charge in [-0.25, -0.2) is 0 Å². The van der Waals surface area contributed by atoms with Gasteiger partial charge in [0.25, 0.3) is 0 Å². The van der Waals surface area contributed by atoms with Crippen LogP contribution in [0.25, 0.3) is 0 Å². The van der Waals surface area contributed by atoms with Gasteiger partial charge in [0.05, 0.1) is 29.2 Å². The van der Waals surface area contributed by atoms with Gasteiger partial charge in [-0.3, -0.25) is 23.2 Å². The minimum atomic E-state index is -4.07. The van der Waals surface area contributed by atoms with E-state index in [1.165, 1.54) is 0 Å². The van der Waals surface area contributed by atoms with Crippen molar-refractivity contribution in [2.75, 3.05) is 39.6 Å². The van der Waals surface area contributed by atoms with Crippen LogP contribution in [-0.4, -0.2) is 82.0 Å². The molecular formula is C31H59O11P. The molecule has 0 bridgehead atoms. The number of carbonyl (C=O) groups excluding carboxylic acids is 2. The molecule has 1 aliphatic rings. The van der Waals surface area contributed by atoms with Gasteiger partial charge in [-0.1, -0.05) is 40.0 Å². The van der Waals surface area contributed by atoms with Crippen LogP contribution in [0.2, 0.25) is 0 Å². The van der Waals surface area contributed by atoms with E-state index in [2.05, 4.69) is 20.8 Å². The average Bonchev–Trinajstić information content (AvgIpc) is 2.90. The highest BCUT2D eigenvalue weighted by Gasteiger charge is 2.49. The second-order valence-electron chi connectivity index (χ2n) is 13.1. The molecular weight excluding hydrogens is 579 g/mol. The number of ether oxygens (including phenoxy) is 6. The lowest BCUT2D eigenvalue weighted by molar-refractivity contribution is -0.250. The van der Waals surface area contributed by atoms with Crippen molar-refractivity contribution < 1.29 is 51.6 Å². The monoisotopic (exact) mass is 638 g/mol. The van der Waals surface area contributed by atoms with Crippen molar-refractivity contribution >= 4 is 19.5 Å². The Balaban J connectivity index is 3.28. The Hall–Kier alpha value is -1.07. The first-order valence-electron chi connectivity index (χ1n) is 15.8. The van der Waals surface area contributed by atoms with Crippen molar-refractivity contribution in [2.24, 2.45) is 10.8 Å². The SMILES string of the molecule is CCCCO[C@@H]1[C@H](OCCCC)[C@H](C)O[C@H](CP(=O)(OCOC(=O)C(C)(C)C)OCOC(=O)C(C)(C)C)[C@H]1OCCCC. The molecule has 11 nitrogen and oxygen atoms in total. The van der Waals surface area contributed by atoms with E-state index in [4.69, 9.17) is 37.5 Å². The summed E-state index contributed by atoms with van der Waals surface area (Å²) in [5.41, 5.74) is -1.57. The summed E-state index contributed by atoms with van der Waals surface area (Å²) in [5, 5.41) is 0. The van der Waals surface area contributed by atoms with Crippen molar-refractivity contribution in [1.82, 2.24) is 0 Å². The molecule has 0 aromatic carbocycles. The van der Waals surface area contributed by atoms with E-state index in [0.717, 1.165) is 38.5 Å². The van der Waals surface area contributed by atoms with Crippen molar-refractivity contribution in [2.45, 2.75) is 138 Å². The van der Waals surface area contributed by atoms with E-state index < -0.39 is 74.5 Å². The Labute approximate surface area is 259 Å². The highest BCUT2D eigenvalue weighted by molar-refractivity contribution is 7.53. The quantitative estimate of drug-likeness (QED) is 0.0616. The molecule has 1 rings (SSSR count). The first kappa shape index (κ1) is 40.0. The van der Waals surface area contributed by atoms with Crippen LogP contribution in [0.1, 0.15) is 108 Å². The van der Waals surface area contributed by atoms with Gasteiger partial charge in [0.1, 0.15) is 18.3 Å². The third kappa shape index (κ3) is 14.7. The molecule has 43 heavy (non-hydrogen) atoms. The maximum atomic E-state index is 14.2. The zero-order valence-corrected chi connectivity index (χ0v) is 29.2. The molecule has 0 N–H and O–H groups in total. The van der Waals surface area contributed by atoms with Crippen LogP contribution >= 0.6 is 7.60 Å². The summed E-state index contributed by atoms with van der Waals surface area (Å²) in [4.78, 5) is 24.7. The molecule has 12 heteroatoms. The summed E-state index contributed by atoms with van der Waals surface area (Å²) in [7, 11) is -4.07. The maximum Gasteiger partial charge on any atom is 0.339 e. The average molecular weight is 639 g/mol. The normalized spacial score (nSPS) is 23.3. The van der Waals surface area contributed by atoms with Gasteiger partial charge in [-0.15, -0.1) is 0 Å². The molecule has 1 heterocycles. The number of rotatable bonds is 20. The molecule has 0 unspecified atom stereocenters. The molecule has 1 fully saturated rings. The Bertz CT molecular complexity index is 816. The number of unbranched alkanes of at least 4 members (excludes halogenated alkanes) is 3. The van der Waals surface area contributed by atoms with Crippen LogP contribution in [0, 0.1) is 10.8 Å². The first-order valence-corrected chi connectivity index (χ1v) is 17.5. The zero-order chi connectivity index (χ0) is 32.7. The van der Waals surface area contributed by atoms with E-state index in [1.807, 2.05) is 6.92 Å². The second-order valence-corrected chi connectivity index (χ2v) is 15.2. The van der Waals surface area contributed by atoms with E-state index >= 15 is 0 Å². The van der Waals surface area contributed by atoms with Gasteiger partial charge in [-0.05, 0) is 67.7 Å². The van der Waals surface area contributed by atoms with Crippen molar-refractivity contribution in [1.29, 1.82) is 0 Å². The third-order valence-electron chi connectivity index (χ3n) is 6.80. The summed E-state index contributed by atoms with van der Waals surface area (Å²) < 4.78 is 61.2. The molecule has 0 aromatic rings. The van der Waals surface area contributed by atoms with E-state index in [0.29, 0.717) is 19.8 Å². The number of esters is 2. The fraction of sp³-hybridized carbons (Fsp3) is 0.935. The van der Waals surface area contributed by atoms with Crippen LogP contribution in [0.3, 0.4) is 0 Å². The standard InChI is InChI=1S/C31H59O11P/c1-11-14-17-35-25-23(4)42-24(26(36-18-15-12-2)27(25)37-19-16-13-3)20-43(34,40-21-38-28(32)30(5,6)7)41-22-39-29(33)31(8,9)10/h23-27H,11-22H2,1-10H3/t23-,24+,25+,26+,27+/m0/s1. The predicted molar refractivity (Wildman–Crippen MR) is 164 cm³/mol. The number of carbonyl (C=O) groups is 2. The lowest BCUT2D eigenvalue weighted by Crippen LogP contribution is -2.60. The van der Waals surface area contributed by atoms with Crippen LogP contribution < -0.4 is 0 Å². The second kappa shape index (κ2) is 19.4. The van der Waals surface area contributed by atoms with Gasteiger partial charge in [0.15, 0.2) is 0 Å². The number of hydrogen-bond acceptors (Lipinski definition) is 11. The minimum Gasteiger partial charge on any atom is -0.438 e. The van der Waals surface area contributed by atoms with E-state index in [1.54, 1.807) is 41.5 Å². The smallest absolute Gasteiger partial charge is 0.339 e. The Morgan fingerprint density at radius 2 is 1.07 bits per heavy atom. The summed E-state index contributed by atoms with van der Waals surface area (Å²) in [5.74, 6) is -1.06. The Morgan fingerprint density at radius 1 is 0.674 bits per heavy atom. The summed E-state index contributed by atoms with van der Waals surface area (Å²) in [6.07, 6.45) is 2.50. The summed E-state index contributed by atoms with van der Waals surface area (Å²) >= 11 is 0. The van der Waals surface area contributed by atoms with E-state index in [9.17, 15) is 14.2 Å². The molecule has 0 spiro atoms. The lowest BCUT2D eigenvalue weighted by atomic mass is 9.95. The first-order chi connectivity index (χ1) is 20.1. The largest absolute Gasteiger partial charge is 0.438 e. The Morgan fingerprint density at radius 3 is 1.47 bits per heavy atom. The van der Waals surface area contributed by atoms with Gasteiger partial charge in [0, 0.05) is 19.8 Å². The molecule has 5 atom stereocenters. The summed E-state index contributed by atoms with van der Waals surface area (Å²) in [6, 6.07) is 0. The molecule has 1 saturated heterocycles. The fourth-order valence-electron chi connectivity index (χ4n) is 4.07. The Kier molecular flexibility index (Phi) is 18.1. The van der Waals surface area contributed by atoms with Gasteiger partial charge in [-0.2, -0.15) is 0 Å². The van der Waals surface area contributed by atoms with Crippen molar-refractivity contribution in [3.05, 3.63) is 0 Å². The third-order valence-corrected chi connectivity index (χ3v) is 8.60. The molecule has 254 valence electrons. The van der Waals surface area contributed by atoms with Gasteiger partial charge < -0.3 is 28.4 Å². The highest BCUT2D eigenvalue weighted by atomic mass is 31.2. The zero-order valence-electron chi connectivity index (χ0n) is 28.3. The van der Waals surface area contributed by atoms with E-state index in [-0.39, 0.29) is 6.16 Å². The van der Waals surface area contributed by atoms with Crippen LogP contribution in [-0.2, 0) is 51.6 Å². The number of hydrogen-bond donors (Lipinski definition) is 0. The van der Waals surface area contributed by atoms with Gasteiger partial charge >= 0.3 is 19.5 Å². The lowest BCUT2D eigenvalue weighted by Gasteiger charge is -2.46. The van der Waals surface area contributed by atoms with Gasteiger partial charge in [0.2, 0.25) is 13.6 Å². The summed E-state index contributed by atoms with van der Waals surface area (Å²) in [6.45, 7) is 18.6.